The minimum absolute atomic E-state index is 0.188. The molecule has 130 valence electrons. The molecule has 0 bridgehead atoms. The van der Waals surface area contributed by atoms with Crippen LogP contribution < -0.4 is 4.90 Å². The zero-order valence-corrected chi connectivity index (χ0v) is 14.5. The van der Waals surface area contributed by atoms with Gasteiger partial charge in [-0.3, -0.25) is 10.1 Å². The summed E-state index contributed by atoms with van der Waals surface area (Å²) in [7, 11) is 0. The lowest BCUT2D eigenvalue weighted by Gasteiger charge is -2.25. The van der Waals surface area contributed by atoms with Crippen molar-refractivity contribution in [1.29, 1.82) is 5.26 Å². The Bertz CT molecular complexity index is 908. The highest BCUT2D eigenvalue weighted by molar-refractivity contribution is 5.55. The molecule has 1 N–H and O–H groups in total. The third-order valence-corrected chi connectivity index (χ3v) is 3.86. The molecule has 26 heavy (non-hydrogen) atoms. The highest BCUT2D eigenvalue weighted by atomic mass is 15.3. The van der Waals surface area contributed by atoms with Crippen molar-refractivity contribution in [2.75, 3.05) is 11.4 Å². The standard InChI is InChI=1S/C18H18N8/c1-3-26(13(2)12-19)16-6-4-15(5-7-16)22-24-18-21-17(23-25-18)14-8-10-20-11-9-14/h4-11,13H,3H2,1-2H3,(H,21,23,25). The van der Waals surface area contributed by atoms with Gasteiger partial charge in [0.1, 0.15) is 6.04 Å². The summed E-state index contributed by atoms with van der Waals surface area (Å²) in [6.07, 6.45) is 3.38. The third kappa shape index (κ3) is 3.89. The second kappa shape index (κ2) is 7.98. The van der Waals surface area contributed by atoms with Gasteiger partial charge in [-0.15, -0.1) is 15.3 Å². The molecule has 0 amide bonds. The van der Waals surface area contributed by atoms with Crippen LogP contribution in [0.2, 0.25) is 0 Å². The van der Waals surface area contributed by atoms with Crippen LogP contribution in [0.4, 0.5) is 17.3 Å². The van der Waals surface area contributed by atoms with Gasteiger partial charge in [0.25, 0.3) is 5.95 Å². The minimum Gasteiger partial charge on any atom is -0.356 e. The summed E-state index contributed by atoms with van der Waals surface area (Å²) in [4.78, 5) is 10.3. The van der Waals surface area contributed by atoms with E-state index in [0.29, 0.717) is 11.5 Å². The summed E-state index contributed by atoms with van der Waals surface area (Å²) in [6, 6.07) is 13.3. The van der Waals surface area contributed by atoms with Crippen molar-refractivity contribution in [2.24, 2.45) is 10.2 Å². The summed E-state index contributed by atoms with van der Waals surface area (Å²) in [5, 5.41) is 24.2. The van der Waals surface area contributed by atoms with Gasteiger partial charge in [-0.2, -0.15) is 10.2 Å². The maximum Gasteiger partial charge on any atom is 0.287 e. The quantitative estimate of drug-likeness (QED) is 0.678. The van der Waals surface area contributed by atoms with Gasteiger partial charge in [0.05, 0.1) is 11.8 Å². The number of pyridine rings is 1. The van der Waals surface area contributed by atoms with E-state index in [0.717, 1.165) is 17.8 Å². The Morgan fingerprint density at radius 1 is 1.15 bits per heavy atom. The van der Waals surface area contributed by atoms with Crippen molar-refractivity contribution in [3.63, 3.8) is 0 Å². The minimum atomic E-state index is -0.188. The predicted octanol–water partition coefficient (Wildman–Crippen LogP) is 4.02. The topological polar surface area (TPSA) is 106 Å². The first-order valence-corrected chi connectivity index (χ1v) is 8.22. The predicted molar refractivity (Wildman–Crippen MR) is 98.3 cm³/mol. The molecule has 2 aromatic heterocycles. The van der Waals surface area contributed by atoms with Crippen LogP contribution >= 0.6 is 0 Å². The lowest BCUT2D eigenvalue weighted by atomic mass is 10.2. The molecule has 1 unspecified atom stereocenters. The molecule has 0 spiro atoms. The van der Waals surface area contributed by atoms with Crippen molar-refractivity contribution in [2.45, 2.75) is 19.9 Å². The van der Waals surface area contributed by atoms with Crippen LogP contribution in [-0.2, 0) is 0 Å². The molecule has 0 saturated heterocycles. The molecule has 1 atom stereocenters. The van der Waals surface area contributed by atoms with Crippen LogP contribution in [0.3, 0.4) is 0 Å². The number of benzene rings is 1. The van der Waals surface area contributed by atoms with E-state index in [1.807, 2.05) is 55.1 Å². The summed E-state index contributed by atoms with van der Waals surface area (Å²) >= 11 is 0. The van der Waals surface area contributed by atoms with E-state index in [9.17, 15) is 0 Å². The van der Waals surface area contributed by atoms with E-state index in [-0.39, 0.29) is 12.0 Å². The van der Waals surface area contributed by atoms with Crippen LogP contribution in [0.25, 0.3) is 11.4 Å². The second-order valence-corrected chi connectivity index (χ2v) is 5.53. The van der Waals surface area contributed by atoms with Crippen LogP contribution in [0, 0.1) is 11.3 Å². The molecule has 0 saturated carbocycles. The highest BCUT2D eigenvalue weighted by Crippen LogP contribution is 2.23. The molecule has 8 nitrogen and oxygen atoms in total. The van der Waals surface area contributed by atoms with Gasteiger partial charge in [0.15, 0.2) is 5.82 Å². The lowest BCUT2D eigenvalue weighted by molar-refractivity contribution is 0.768. The largest absolute Gasteiger partial charge is 0.356 e. The number of hydrogen-bond donors (Lipinski definition) is 1. The van der Waals surface area contributed by atoms with Crippen LogP contribution in [-0.4, -0.2) is 32.8 Å². The first kappa shape index (κ1) is 17.2. The molecular weight excluding hydrogens is 328 g/mol. The van der Waals surface area contributed by atoms with Gasteiger partial charge in [-0.1, -0.05) is 0 Å². The fourth-order valence-corrected chi connectivity index (χ4v) is 2.50. The van der Waals surface area contributed by atoms with Gasteiger partial charge >= 0.3 is 0 Å². The van der Waals surface area contributed by atoms with Crippen LogP contribution in [0.5, 0.6) is 0 Å². The molecule has 0 aliphatic heterocycles. The van der Waals surface area contributed by atoms with E-state index in [2.05, 4.69) is 36.5 Å². The molecule has 0 aliphatic carbocycles. The maximum atomic E-state index is 9.10. The number of aromatic nitrogens is 4. The Kier molecular flexibility index (Phi) is 5.29. The fraction of sp³-hybridized carbons (Fsp3) is 0.222. The smallest absolute Gasteiger partial charge is 0.287 e. The van der Waals surface area contributed by atoms with Gasteiger partial charge < -0.3 is 4.90 Å². The van der Waals surface area contributed by atoms with E-state index < -0.39 is 0 Å². The van der Waals surface area contributed by atoms with Gasteiger partial charge in [0, 0.05) is 30.2 Å². The summed E-state index contributed by atoms with van der Waals surface area (Å²) in [6.45, 7) is 4.65. The van der Waals surface area contributed by atoms with E-state index >= 15 is 0 Å². The zero-order chi connectivity index (χ0) is 18.4. The highest BCUT2D eigenvalue weighted by Gasteiger charge is 2.11. The summed E-state index contributed by atoms with van der Waals surface area (Å²) < 4.78 is 0. The number of azo groups is 1. The molecule has 2 heterocycles. The van der Waals surface area contributed by atoms with Gasteiger partial charge in [-0.25, -0.2) is 0 Å². The number of anilines is 1. The molecule has 0 radical (unpaired) electrons. The number of nitriles is 1. The lowest BCUT2D eigenvalue weighted by Crippen LogP contribution is -2.31. The maximum absolute atomic E-state index is 9.10. The van der Waals surface area contributed by atoms with Gasteiger partial charge in [-0.05, 0) is 50.2 Å². The Labute approximate surface area is 151 Å². The number of hydrogen-bond acceptors (Lipinski definition) is 7. The first-order valence-electron chi connectivity index (χ1n) is 8.22. The van der Waals surface area contributed by atoms with E-state index in [4.69, 9.17) is 5.26 Å². The van der Waals surface area contributed by atoms with Gasteiger partial charge in [0.2, 0.25) is 0 Å². The number of nitrogens with one attached hydrogen (secondary N) is 1. The molecule has 1 aromatic carbocycles. The van der Waals surface area contributed by atoms with Crippen molar-refractivity contribution in [3.05, 3.63) is 48.8 Å². The molecular formula is C18H18N8. The Morgan fingerprint density at radius 2 is 1.88 bits per heavy atom. The molecule has 3 aromatic rings. The van der Waals surface area contributed by atoms with Crippen LogP contribution in [0.1, 0.15) is 13.8 Å². The fourth-order valence-electron chi connectivity index (χ4n) is 2.50. The van der Waals surface area contributed by atoms with Crippen molar-refractivity contribution in [1.82, 2.24) is 20.2 Å². The summed E-state index contributed by atoms with van der Waals surface area (Å²) in [5.41, 5.74) is 2.53. The monoisotopic (exact) mass is 346 g/mol. The first-order chi connectivity index (χ1) is 12.7. The SMILES string of the molecule is CCN(c1ccc(N=Nc2n[nH]c(-c3ccncc3)n2)cc1)C(C)C#N. The van der Waals surface area contributed by atoms with Crippen LogP contribution in [0.15, 0.2) is 59.0 Å². The number of H-pyrrole nitrogens is 1. The molecule has 8 heteroatoms. The third-order valence-electron chi connectivity index (χ3n) is 3.86. The zero-order valence-electron chi connectivity index (χ0n) is 14.5. The normalized spacial score (nSPS) is 12.0. The van der Waals surface area contributed by atoms with E-state index in [1.165, 1.54) is 0 Å². The number of aromatic amines is 1. The van der Waals surface area contributed by atoms with E-state index in [1.54, 1.807) is 12.4 Å². The second-order valence-electron chi connectivity index (χ2n) is 5.53. The Morgan fingerprint density at radius 3 is 2.54 bits per heavy atom. The number of nitrogens with zero attached hydrogens (tertiary/aromatic N) is 7. The number of rotatable bonds is 6. The summed E-state index contributed by atoms with van der Waals surface area (Å²) in [5.74, 6) is 0.870. The van der Waals surface area contributed by atoms with Crippen molar-refractivity contribution in [3.8, 4) is 17.5 Å². The average molecular weight is 346 g/mol. The molecule has 0 aliphatic rings. The average Bonchev–Trinajstić information content (AvgIpc) is 3.17. The molecule has 3 rings (SSSR count). The molecule has 0 fully saturated rings. The Balaban J connectivity index is 1.71. The van der Waals surface area contributed by atoms with Crippen molar-refractivity contribution >= 4 is 17.3 Å². The Hall–Kier alpha value is -3.60. The van der Waals surface area contributed by atoms with Crippen molar-refractivity contribution < 1.29 is 0 Å².